The Morgan fingerprint density at radius 3 is 2.68 bits per heavy atom. The lowest BCUT2D eigenvalue weighted by Gasteiger charge is -2.11. The molecule has 1 amide bonds. The average Bonchev–Trinajstić information content (AvgIpc) is 2.68. The van der Waals surface area contributed by atoms with Crippen molar-refractivity contribution >= 4 is 17.8 Å². The van der Waals surface area contributed by atoms with Gasteiger partial charge < -0.3 is 19.5 Å². The molecule has 0 heterocycles. The first kappa shape index (κ1) is 20.9. The number of methoxy groups -OCH3 is 1. The molecule has 0 atom stereocenters. The minimum absolute atomic E-state index is 0.0108. The smallest absolute Gasteiger partial charge is 0.387 e. The maximum Gasteiger partial charge on any atom is 0.387 e. The van der Waals surface area contributed by atoms with Gasteiger partial charge in [-0.05, 0) is 42.8 Å². The molecule has 0 saturated carbocycles. The summed E-state index contributed by atoms with van der Waals surface area (Å²) in [5.74, 6) is 0.341. The zero-order valence-corrected chi connectivity index (χ0v) is 15.4. The van der Waals surface area contributed by atoms with E-state index < -0.39 is 6.61 Å². The van der Waals surface area contributed by atoms with Crippen LogP contribution < -0.4 is 25.0 Å². The second kappa shape index (κ2) is 10.7. The lowest BCUT2D eigenvalue weighted by atomic mass is 10.2. The van der Waals surface area contributed by atoms with Crippen molar-refractivity contribution in [2.45, 2.75) is 13.5 Å². The Labute approximate surface area is 161 Å². The summed E-state index contributed by atoms with van der Waals surface area (Å²) in [6.07, 6.45) is 1.37. The molecule has 0 fully saturated rings. The van der Waals surface area contributed by atoms with Crippen LogP contribution in [0.4, 0.5) is 14.5 Å². The van der Waals surface area contributed by atoms with Crippen molar-refractivity contribution in [3.8, 4) is 17.2 Å². The molecular weight excluding hydrogens is 372 g/mol. The van der Waals surface area contributed by atoms with Crippen LogP contribution in [0.5, 0.6) is 17.2 Å². The lowest BCUT2D eigenvalue weighted by molar-refractivity contribution is -0.119. The molecular formula is C19H21F2N3O4. The number of hydrazone groups is 1. The monoisotopic (exact) mass is 393 g/mol. The first-order valence-electron chi connectivity index (χ1n) is 8.44. The van der Waals surface area contributed by atoms with E-state index in [2.05, 4.69) is 20.6 Å². The van der Waals surface area contributed by atoms with Crippen molar-refractivity contribution in [2.75, 3.05) is 25.6 Å². The summed E-state index contributed by atoms with van der Waals surface area (Å²) in [6.45, 7) is -0.954. The Balaban J connectivity index is 1.92. The van der Waals surface area contributed by atoms with Gasteiger partial charge in [-0.25, -0.2) is 5.43 Å². The van der Waals surface area contributed by atoms with Crippen molar-refractivity contribution in [2.24, 2.45) is 5.10 Å². The van der Waals surface area contributed by atoms with E-state index in [1.165, 1.54) is 24.4 Å². The van der Waals surface area contributed by atoms with Gasteiger partial charge in [0.05, 0.1) is 32.2 Å². The number of para-hydroxylation sites is 2. The standard InChI is InChI=1S/C19H21F2N3O4/c1-3-27-17-10-13(8-9-16(17)28-19(20)21)11-23-24-18(25)12-22-14-6-4-5-7-15(14)26-2/h4-11,19,22H,3,12H2,1-2H3,(H,24,25)/b23-11-. The normalized spacial score (nSPS) is 10.8. The topological polar surface area (TPSA) is 81.2 Å². The van der Waals surface area contributed by atoms with E-state index in [-0.39, 0.29) is 30.6 Å². The van der Waals surface area contributed by atoms with Crippen molar-refractivity contribution < 1.29 is 27.8 Å². The van der Waals surface area contributed by atoms with Gasteiger partial charge in [-0.3, -0.25) is 4.79 Å². The first-order chi connectivity index (χ1) is 13.5. The van der Waals surface area contributed by atoms with Crippen LogP contribution in [0.3, 0.4) is 0 Å². The number of ether oxygens (including phenoxy) is 3. The highest BCUT2D eigenvalue weighted by molar-refractivity contribution is 5.85. The van der Waals surface area contributed by atoms with Crippen LogP contribution >= 0.6 is 0 Å². The highest BCUT2D eigenvalue weighted by atomic mass is 19.3. The number of alkyl halides is 2. The van der Waals surface area contributed by atoms with E-state index in [0.29, 0.717) is 17.0 Å². The molecule has 0 aliphatic rings. The van der Waals surface area contributed by atoms with Gasteiger partial charge in [-0.2, -0.15) is 13.9 Å². The quantitative estimate of drug-likeness (QED) is 0.478. The molecule has 0 spiro atoms. The van der Waals surface area contributed by atoms with Crippen LogP contribution in [0.2, 0.25) is 0 Å². The number of halogens is 2. The predicted molar refractivity (Wildman–Crippen MR) is 101 cm³/mol. The van der Waals surface area contributed by atoms with Crippen molar-refractivity contribution in [1.82, 2.24) is 5.43 Å². The number of nitrogens with one attached hydrogen (secondary N) is 2. The molecule has 0 saturated heterocycles. The minimum atomic E-state index is -2.95. The summed E-state index contributed by atoms with van der Waals surface area (Å²) >= 11 is 0. The molecule has 0 radical (unpaired) electrons. The predicted octanol–water partition coefficient (Wildman–Crippen LogP) is 3.26. The second-order valence-corrected chi connectivity index (χ2v) is 5.36. The molecule has 0 bridgehead atoms. The van der Waals surface area contributed by atoms with Crippen LogP contribution in [0.15, 0.2) is 47.6 Å². The van der Waals surface area contributed by atoms with Gasteiger partial charge >= 0.3 is 6.61 Å². The number of anilines is 1. The lowest BCUT2D eigenvalue weighted by Crippen LogP contribution is -2.26. The van der Waals surface area contributed by atoms with Gasteiger partial charge in [-0.1, -0.05) is 12.1 Å². The molecule has 9 heteroatoms. The maximum absolute atomic E-state index is 12.4. The summed E-state index contributed by atoms with van der Waals surface area (Å²) in [7, 11) is 1.54. The van der Waals surface area contributed by atoms with Gasteiger partial charge in [-0.15, -0.1) is 0 Å². The van der Waals surface area contributed by atoms with Gasteiger partial charge in [0.2, 0.25) is 0 Å². The van der Waals surface area contributed by atoms with Crippen molar-refractivity contribution in [3.05, 3.63) is 48.0 Å². The highest BCUT2D eigenvalue weighted by Crippen LogP contribution is 2.29. The Kier molecular flexibility index (Phi) is 8.01. The molecule has 0 aliphatic heterocycles. The molecule has 150 valence electrons. The summed E-state index contributed by atoms with van der Waals surface area (Å²) in [5, 5.41) is 6.79. The molecule has 7 nitrogen and oxygen atoms in total. The van der Waals surface area contributed by atoms with Crippen LogP contribution in [0.25, 0.3) is 0 Å². The van der Waals surface area contributed by atoms with Crippen LogP contribution in [-0.2, 0) is 4.79 Å². The Bertz CT molecular complexity index is 816. The number of carbonyl (C=O) groups is 1. The van der Waals surface area contributed by atoms with Crippen LogP contribution in [-0.4, -0.2) is 39.0 Å². The molecule has 28 heavy (non-hydrogen) atoms. The van der Waals surface area contributed by atoms with E-state index >= 15 is 0 Å². The number of nitrogens with zero attached hydrogens (tertiary/aromatic N) is 1. The Hall–Kier alpha value is -3.36. The number of rotatable bonds is 10. The van der Waals surface area contributed by atoms with E-state index in [9.17, 15) is 13.6 Å². The van der Waals surface area contributed by atoms with E-state index in [0.717, 1.165) is 0 Å². The molecule has 2 aromatic carbocycles. The van der Waals surface area contributed by atoms with Crippen molar-refractivity contribution in [1.29, 1.82) is 0 Å². The number of carbonyl (C=O) groups excluding carboxylic acids is 1. The largest absolute Gasteiger partial charge is 0.495 e. The number of amides is 1. The second-order valence-electron chi connectivity index (χ2n) is 5.36. The van der Waals surface area contributed by atoms with Gasteiger partial charge in [0, 0.05) is 0 Å². The summed E-state index contributed by atoms with van der Waals surface area (Å²) < 4.78 is 39.7. The molecule has 2 rings (SSSR count). The number of benzene rings is 2. The third-order valence-corrected chi connectivity index (χ3v) is 3.43. The zero-order chi connectivity index (χ0) is 20.4. The van der Waals surface area contributed by atoms with E-state index in [1.807, 2.05) is 12.1 Å². The van der Waals surface area contributed by atoms with E-state index in [4.69, 9.17) is 9.47 Å². The third-order valence-electron chi connectivity index (χ3n) is 3.43. The Morgan fingerprint density at radius 1 is 1.18 bits per heavy atom. The fourth-order valence-corrected chi connectivity index (χ4v) is 2.25. The van der Waals surface area contributed by atoms with Crippen LogP contribution in [0.1, 0.15) is 12.5 Å². The number of hydrogen-bond donors (Lipinski definition) is 2. The third kappa shape index (κ3) is 6.42. The minimum Gasteiger partial charge on any atom is -0.495 e. The summed E-state index contributed by atoms with van der Waals surface area (Å²) in [5.41, 5.74) is 3.60. The highest BCUT2D eigenvalue weighted by Gasteiger charge is 2.11. The summed E-state index contributed by atoms with van der Waals surface area (Å²) in [4.78, 5) is 11.9. The fraction of sp³-hybridized carbons (Fsp3) is 0.263. The molecule has 0 unspecified atom stereocenters. The first-order valence-corrected chi connectivity index (χ1v) is 8.44. The average molecular weight is 393 g/mol. The van der Waals surface area contributed by atoms with Gasteiger partial charge in [0.15, 0.2) is 11.5 Å². The van der Waals surface area contributed by atoms with Gasteiger partial charge in [0.1, 0.15) is 5.75 Å². The number of hydrogen-bond acceptors (Lipinski definition) is 6. The maximum atomic E-state index is 12.4. The fourth-order valence-electron chi connectivity index (χ4n) is 2.25. The molecule has 0 aromatic heterocycles. The molecule has 2 N–H and O–H groups in total. The molecule has 2 aromatic rings. The van der Waals surface area contributed by atoms with Crippen molar-refractivity contribution in [3.63, 3.8) is 0 Å². The molecule has 0 aliphatic carbocycles. The zero-order valence-electron chi connectivity index (χ0n) is 15.4. The SMILES string of the molecule is CCOc1cc(/C=N\NC(=O)CNc2ccccc2OC)ccc1OC(F)F. The van der Waals surface area contributed by atoms with Crippen LogP contribution in [0, 0.1) is 0 Å². The Morgan fingerprint density at radius 2 is 1.96 bits per heavy atom. The van der Waals surface area contributed by atoms with Gasteiger partial charge in [0.25, 0.3) is 5.91 Å². The van der Waals surface area contributed by atoms with E-state index in [1.54, 1.807) is 26.2 Å². The summed E-state index contributed by atoms with van der Waals surface area (Å²) in [6, 6.07) is 11.6.